The monoisotopic (exact) mass is 464 g/mol. The first-order valence-corrected chi connectivity index (χ1v) is 6.70. The minimum atomic E-state index is 0.806. The van der Waals surface area contributed by atoms with Crippen LogP contribution in [0.1, 0.15) is 20.3 Å². The first-order valence-electron chi connectivity index (χ1n) is 2.96. The molecule has 0 saturated carbocycles. The molecular weight excluding hydrogens is 453 g/mol. The molecular formula is C6H11I3. The molecule has 0 aromatic rings. The number of hydrogen-bond donors (Lipinski definition) is 0. The van der Waals surface area contributed by atoms with E-state index in [0.29, 0.717) is 0 Å². The third-order valence-electron chi connectivity index (χ3n) is 1.05. The van der Waals surface area contributed by atoms with E-state index in [1.807, 2.05) is 0 Å². The fourth-order valence-electron chi connectivity index (χ4n) is 0.498. The van der Waals surface area contributed by atoms with Crippen LogP contribution in [0.4, 0.5) is 0 Å². The van der Waals surface area contributed by atoms with Crippen LogP contribution >= 0.6 is 67.8 Å². The van der Waals surface area contributed by atoms with Crippen molar-refractivity contribution < 1.29 is 0 Å². The standard InChI is InChI=1S/C6H11I3/c1-4(7)3-6(9)5(2)8/h4-6H,3H2,1-2H3. The summed E-state index contributed by atoms with van der Waals surface area (Å²) in [5, 5.41) is 0. The Hall–Kier alpha value is 2.19. The zero-order valence-corrected chi connectivity index (χ0v) is 12.0. The molecule has 0 aliphatic rings. The molecule has 0 aliphatic heterocycles. The summed E-state index contributed by atoms with van der Waals surface area (Å²) in [4.78, 5) is 0. The lowest BCUT2D eigenvalue weighted by atomic mass is 10.2. The summed E-state index contributed by atoms with van der Waals surface area (Å²) >= 11 is 7.51. The molecule has 0 aliphatic carbocycles. The van der Waals surface area contributed by atoms with E-state index in [2.05, 4.69) is 81.6 Å². The second-order valence-corrected chi connectivity index (χ2v) is 7.90. The van der Waals surface area contributed by atoms with Gasteiger partial charge in [0.2, 0.25) is 0 Å². The molecule has 9 heavy (non-hydrogen) atoms. The molecule has 3 unspecified atom stereocenters. The molecule has 0 aromatic heterocycles. The highest BCUT2D eigenvalue weighted by atomic mass is 127. The number of hydrogen-bond acceptors (Lipinski definition) is 0. The van der Waals surface area contributed by atoms with Crippen molar-refractivity contribution in [2.75, 3.05) is 0 Å². The Bertz CT molecular complexity index is 70.7. The van der Waals surface area contributed by atoms with E-state index >= 15 is 0 Å². The Morgan fingerprint density at radius 1 is 1.11 bits per heavy atom. The molecule has 0 bridgehead atoms. The van der Waals surface area contributed by atoms with Crippen LogP contribution in [-0.2, 0) is 0 Å². The highest BCUT2D eigenvalue weighted by molar-refractivity contribution is 14.1. The summed E-state index contributed by atoms with van der Waals surface area (Å²) < 4.78 is 2.47. The lowest BCUT2D eigenvalue weighted by Crippen LogP contribution is -2.12. The Morgan fingerprint density at radius 2 is 1.56 bits per heavy atom. The van der Waals surface area contributed by atoms with E-state index in [1.165, 1.54) is 6.42 Å². The fourth-order valence-corrected chi connectivity index (χ4v) is 3.08. The first kappa shape index (κ1) is 11.2. The molecule has 56 valence electrons. The summed E-state index contributed by atoms with van der Waals surface area (Å²) in [5.41, 5.74) is 0. The van der Waals surface area contributed by atoms with E-state index in [9.17, 15) is 0 Å². The molecule has 0 rings (SSSR count). The van der Waals surface area contributed by atoms with Crippen LogP contribution < -0.4 is 0 Å². The number of halogens is 3. The largest absolute Gasteiger partial charge is 0.0829 e. The third-order valence-corrected chi connectivity index (χ3v) is 5.39. The van der Waals surface area contributed by atoms with Gasteiger partial charge in [-0.05, 0) is 6.42 Å². The SMILES string of the molecule is CC(I)CC(I)C(C)I. The van der Waals surface area contributed by atoms with Gasteiger partial charge in [0.25, 0.3) is 0 Å². The maximum atomic E-state index is 2.53. The van der Waals surface area contributed by atoms with Gasteiger partial charge in [0.05, 0.1) is 0 Å². The summed E-state index contributed by atoms with van der Waals surface area (Å²) in [6, 6.07) is 0. The van der Waals surface area contributed by atoms with Crippen LogP contribution in [-0.4, -0.2) is 11.8 Å². The normalized spacial score (nSPS) is 21.0. The van der Waals surface area contributed by atoms with Crippen LogP contribution in [0, 0.1) is 0 Å². The van der Waals surface area contributed by atoms with Gasteiger partial charge in [0, 0.05) is 11.8 Å². The minimum Gasteiger partial charge on any atom is -0.0829 e. The van der Waals surface area contributed by atoms with Crippen LogP contribution in [0.3, 0.4) is 0 Å². The maximum absolute atomic E-state index is 2.53. The Balaban J connectivity index is 3.38. The van der Waals surface area contributed by atoms with Gasteiger partial charge in [-0.1, -0.05) is 81.6 Å². The molecule has 0 nitrogen and oxygen atoms in total. The molecule has 0 N–H and O–H groups in total. The average molecular weight is 464 g/mol. The first-order chi connectivity index (χ1) is 4.04. The van der Waals surface area contributed by atoms with E-state index in [-0.39, 0.29) is 0 Å². The zero-order valence-electron chi connectivity index (χ0n) is 5.57. The highest BCUT2D eigenvalue weighted by Gasteiger charge is 2.11. The van der Waals surface area contributed by atoms with E-state index in [0.717, 1.165) is 11.8 Å². The number of alkyl halides is 3. The third kappa shape index (κ3) is 6.58. The van der Waals surface area contributed by atoms with Gasteiger partial charge >= 0.3 is 0 Å². The van der Waals surface area contributed by atoms with Crippen LogP contribution in [0.15, 0.2) is 0 Å². The van der Waals surface area contributed by atoms with Gasteiger partial charge in [0.15, 0.2) is 0 Å². The summed E-state index contributed by atoms with van der Waals surface area (Å²) in [7, 11) is 0. The minimum absolute atomic E-state index is 0.806. The topological polar surface area (TPSA) is 0 Å². The van der Waals surface area contributed by atoms with Gasteiger partial charge in [-0.2, -0.15) is 0 Å². The van der Waals surface area contributed by atoms with Gasteiger partial charge < -0.3 is 0 Å². The van der Waals surface area contributed by atoms with E-state index in [1.54, 1.807) is 0 Å². The van der Waals surface area contributed by atoms with Crippen LogP contribution in [0.5, 0.6) is 0 Å². The van der Waals surface area contributed by atoms with Crippen molar-refractivity contribution in [2.45, 2.75) is 32.0 Å². The summed E-state index contributed by atoms with van der Waals surface area (Å²) in [5.74, 6) is 0. The number of rotatable bonds is 3. The van der Waals surface area contributed by atoms with Crippen molar-refractivity contribution in [3.05, 3.63) is 0 Å². The maximum Gasteiger partial charge on any atom is 0.0235 e. The highest BCUT2D eigenvalue weighted by Crippen LogP contribution is 2.22. The van der Waals surface area contributed by atoms with Gasteiger partial charge in [-0.3, -0.25) is 0 Å². The lowest BCUT2D eigenvalue weighted by molar-refractivity contribution is 0.794. The van der Waals surface area contributed by atoms with Crippen molar-refractivity contribution in [3.8, 4) is 0 Å². The molecule has 3 atom stereocenters. The molecule has 3 heteroatoms. The zero-order chi connectivity index (χ0) is 7.44. The van der Waals surface area contributed by atoms with Crippen molar-refractivity contribution >= 4 is 67.8 Å². The quantitative estimate of drug-likeness (QED) is 0.441. The van der Waals surface area contributed by atoms with Crippen molar-refractivity contribution in [3.63, 3.8) is 0 Å². The van der Waals surface area contributed by atoms with Crippen molar-refractivity contribution in [1.29, 1.82) is 0 Å². The molecule has 0 radical (unpaired) electrons. The summed E-state index contributed by atoms with van der Waals surface area (Å²) in [6.45, 7) is 4.54. The lowest BCUT2D eigenvalue weighted by Gasteiger charge is -2.12. The summed E-state index contributed by atoms with van der Waals surface area (Å²) in [6.07, 6.45) is 1.34. The molecule has 0 fully saturated rings. The Kier molecular flexibility index (Phi) is 7.20. The predicted octanol–water partition coefficient (Wildman–Crippen LogP) is 3.83. The van der Waals surface area contributed by atoms with Crippen LogP contribution in [0.25, 0.3) is 0 Å². The second-order valence-electron chi connectivity index (χ2n) is 2.21. The Labute approximate surface area is 98.3 Å². The molecule has 0 heterocycles. The van der Waals surface area contributed by atoms with E-state index < -0.39 is 0 Å². The van der Waals surface area contributed by atoms with Gasteiger partial charge in [-0.25, -0.2) is 0 Å². The van der Waals surface area contributed by atoms with Crippen molar-refractivity contribution in [1.82, 2.24) is 0 Å². The Morgan fingerprint density at radius 3 is 1.67 bits per heavy atom. The van der Waals surface area contributed by atoms with Crippen LogP contribution in [0.2, 0.25) is 0 Å². The second kappa shape index (κ2) is 5.79. The fraction of sp³-hybridized carbons (Fsp3) is 1.00. The smallest absolute Gasteiger partial charge is 0.0235 e. The van der Waals surface area contributed by atoms with Crippen molar-refractivity contribution in [2.24, 2.45) is 0 Å². The molecule has 0 saturated heterocycles. The van der Waals surface area contributed by atoms with Gasteiger partial charge in [0.1, 0.15) is 0 Å². The van der Waals surface area contributed by atoms with E-state index in [4.69, 9.17) is 0 Å². The molecule has 0 aromatic carbocycles. The predicted molar refractivity (Wildman–Crippen MR) is 69.4 cm³/mol. The molecule has 0 amide bonds. The van der Waals surface area contributed by atoms with Gasteiger partial charge in [-0.15, -0.1) is 0 Å². The molecule has 0 spiro atoms. The average Bonchev–Trinajstić information content (AvgIpc) is 1.63.